The fourth-order valence-corrected chi connectivity index (χ4v) is 1.55. The van der Waals surface area contributed by atoms with Crippen molar-refractivity contribution < 1.29 is 9.53 Å². The molecule has 0 saturated heterocycles. The fraction of sp³-hybridized carbons (Fsp3) is 0.417. The Morgan fingerprint density at radius 1 is 1.36 bits per heavy atom. The van der Waals surface area contributed by atoms with E-state index in [9.17, 15) is 4.79 Å². The number of ether oxygens (including phenoxy) is 1. The van der Waals surface area contributed by atoms with Crippen molar-refractivity contribution in [3.63, 3.8) is 0 Å². The van der Waals surface area contributed by atoms with Gasteiger partial charge in [-0.1, -0.05) is 13.8 Å². The molecule has 0 unspecified atom stereocenters. The van der Waals surface area contributed by atoms with Gasteiger partial charge in [0.25, 0.3) is 0 Å². The molecule has 2 heteroatoms. The molecule has 2 nitrogen and oxygen atoms in total. The average molecular weight is 192 g/mol. The molecule has 0 aliphatic carbocycles. The van der Waals surface area contributed by atoms with E-state index in [2.05, 4.69) is 13.8 Å². The van der Waals surface area contributed by atoms with Gasteiger partial charge < -0.3 is 4.74 Å². The van der Waals surface area contributed by atoms with Gasteiger partial charge in [0, 0.05) is 5.56 Å². The molecule has 0 aliphatic rings. The van der Waals surface area contributed by atoms with E-state index in [1.807, 2.05) is 19.1 Å². The highest BCUT2D eigenvalue weighted by molar-refractivity contribution is 5.78. The zero-order chi connectivity index (χ0) is 10.7. The van der Waals surface area contributed by atoms with Crippen molar-refractivity contribution in [2.24, 2.45) is 0 Å². The summed E-state index contributed by atoms with van der Waals surface area (Å²) in [5.41, 5.74) is 2.81. The minimum absolute atomic E-state index is 0.338. The predicted molar refractivity (Wildman–Crippen MR) is 57.2 cm³/mol. The van der Waals surface area contributed by atoms with Gasteiger partial charge in [-0.25, -0.2) is 0 Å². The molecule has 0 radical (unpaired) electrons. The lowest BCUT2D eigenvalue weighted by Crippen LogP contribution is -1.98. The minimum atomic E-state index is 0.338. The Hall–Kier alpha value is -1.31. The van der Waals surface area contributed by atoms with Crippen LogP contribution < -0.4 is 4.74 Å². The zero-order valence-electron chi connectivity index (χ0n) is 9.13. The maximum Gasteiger partial charge on any atom is 0.150 e. The molecule has 0 aromatic heterocycles. The second-order valence-corrected chi connectivity index (χ2v) is 3.72. The summed E-state index contributed by atoms with van der Waals surface area (Å²) in [6, 6.07) is 3.82. The molecular formula is C12H16O2. The Bertz CT molecular complexity index is 340. The van der Waals surface area contributed by atoms with E-state index in [0.29, 0.717) is 5.92 Å². The monoisotopic (exact) mass is 192 g/mol. The molecule has 14 heavy (non-hydrogen) atoms. The van der Waals surface area contributed by atoms with Gasteiger partial charge in [-0.05, 0) is 36.1 Å². The Labute approximate surface area is 84.9 Å². The highest BCUT2D eigenvalue weighted by Crippen LogP contribution is 2.27. The van der Waals surface area contributed by atoms with E-state index in [1.54, 1.807) is 7.11 Å². The van der Waals surface area contributed by atoms with Crippen molar-refractivity contribution in [2.45, 2.75) is 26.7 Å². The van der Waals surface area contributed by atoms with E-state index >= 15 is 0 Å². The van der Waals surface area contributed by atoms with Crippen LogP contribution in [0.25, 0.3) is 0 Å². The molecule has 0 bridgehead atoms. The van der Waals surface area contributed by atoms with Crippen LogP contribution in [-0.2, 0) is 0 Å². The van der Waals surface area contributed by atoms with E-state index in [-0.39, 0.29) is 0 Å². The molecule has 1 aromatic carbocycles. The molecule has 0 saturated carbocycles. The van der Waals surface area contributed by atoms with Gasteiger partial charge in [0.2, 0.25) is 0 Å². The van der Waals surface area contributed by atoms with Crippen LogP contribution in [0, 0.1) is 6.92 Å². The third kappa shape index (κ3) is 1.95. The van der Waals surface area contributed by atoms with Crippen LogP contribution in [0.4, 0.5) is 0 Å². The Kier molecular flexibility index (Phi) is 3.28. The number of methoxy groups -OCH3 is 1. The highest BCUT2D eigenvalue weighted by atomic mass is 16.5. The van der Waals surface area contributed by atoms with Gasteiger partial charge in [0.05, 0.1) is 7.11 Å². The molecule has 0 fully saturated rings. The topological polar surface area (TPSA) is 26.3 Å². The number of carbonyl (C=O) groups excluding carboxylic acids is 1. The first kappa shape index (κ1) is 10.8. The first-order valence-corrected chi connectivity index (χ1v) is 4.73. The van der Waals surface area contributed by atoms with Crippen molar-refractivity contribution in [3.8, 4) is 5.75 Å². The van der Waals surface area contributed by atoms with Crippen LogP contribution in [0.3, 0.4) is 0 Å². The Morgan fingerprint density at radius 2 is 2.00 bits per heavy atom. The largest absolute Gasteiger partial charge is 0.496 e. The highest BCUT2D eigenvalue weighted by Gasteiger charge is 2.09. The third-order valence-corrected chi connectivity index (χ3v) is 2.35. The number of carbonyl (C=O) groups is 1. The summed E-state index contributed by atoms with van der Waals surface area (Å²) < 4.78 is 5.22. The van der Waals surface area contributed by atoms with Crippen molar-refractivity contribution in [2.75, 3.05) is 7.11 Å². The average Bonchev–Trinajstić information content (AvgIpc) is 2.16. The first-order chi connectivity index (χ1) is 6.60. The van der Waals surface area contributed by atoms with E-state index in [0.717, 1.165) is 28.7 Å². The van der Waals surface area contributed by atoms with Crippen LogP contribution in [0.15, 0.2) is 12.1 Å². The van der Waals surface area contributed by atoms with Gasteiger partial charge in [-0.3, -0.25) is 4.79 Å². The van der Waals surface area contributed by atoms with Crippen molar-refractivity contribution in [1.82, 2.24) is 0 Å². The standard InChI is InChI=1S/C12H16O2/c1-8(2)11-6-12(14-4)9(3)5-10(11)7-13/h5-8H,1-4H3. The summed E-state index contributed by atoms with van der Waals surface area (Å²) in [5.74, 6) is 1.18. The maximum atomic E-state index is 10.8. The normalized spacial score (nSPS) is 10.4. The van der Waals surface area contributed by atoms with Gasteiger partial charge in [0.15, 0.2) is 0 Å². The first-order valence-electron chi connectivity index (χ1n) is 4.73. The smallest absolute Gasteiger partial charge is 0.150 e. The Balaban J connectivity index is 3.32. The van der Waals surface area contributed by atoms with Gasteiger partial charge in [-0.2, -0.15) is 0 Å². The van der Waals surface area contributed by atoms with Crippen LogP contribution in [0.5, 0.6) is 5.75 Å². The number of aldehydes is 1. The molecule has 76 valence electrons. The molecule has 0 N–H and O–H groups in total. The molecule has 0 heterocycles. The van der Waals surface area contributed by atoms with Crippen LogP contribution >= 0.6 is 0 Å². The van der Waals surface area contributed by atoms with E-state index in [1.165, 1.54) is 0 Å². The second kappa shape index (κ2) is 4.27. The van der Waals surface area contributed by atoms with E-state index in [4.69, 9.17) is 4.74 Å². The maximum absolute atomic E-state index is 10.8. The fourth-order valence-electron chi connectivity index (χ4n) is 1.55. The molecule has 1 aromatic rings. The Morgan fingerprint density at radius 3 is 2.43 bits per heavy atom. The van der Waals surface area contributed by atoms with Gasteiger partial charge >= 0.3 is 0 Å². The van der Waals surface area contributed by atoms with E-state index < -0.39 is 0 Å². The molecule has 0 amide bonds. The van der Waals surface area contributed by atoms with Crippen molar-refractivity contribution in [1.29, 1.82) is 0 Å². The molecule has 0 aliphatic heterocycles. The van der Waals surface area contributed by atoms with Gasteiger partial charge in [0.1, 0.15) is 12.0 Å². The molecular weight excluding hydrogens is 176 g/mol. The summed E-state index contributed by atoms with van der Waals surface area (Å²) in [7, 11) is 1.65. The number of rotatable bonds is 3. The van der Waals surface area contributed by atoms with Crippen molar-refractivity contribution in [3.05, 3.63) is 28.8 Å². The molecule has 1 rings (SSSR count). The SMILES string of the molecule is COc1cc(C(C)C)c(C=O)cc1C. The third-order valence-electron chi connectivity index (χ3n) is 2.35. The van der Waals surface area contributed by atoms with Crippen molar-refractivity contribution >= 4 is 6.29 Å². The van der Waals surface area contributed by atoms with Crippen LogP contribution in [0.1, 0.15) is 41.3 Å². The summed E-state index contributed by atoms with van der Waals surface area (Å²) in [6.07, 6.45) is 0.905. The summed E-state index contributed by atoms with van der Waals surface area (Å²) in [4.78, 5) is 10.8. The molecule has 0 spiro atoms. The van der Waals surface area contributed by atoms with Crippen LogP contribution in [0.2, 0.25) is 0 Å². The lowest BCUT2D eigenvalue weighted by molar-refractivity contribution is 0.112. The quantitative estimate of drug-likeness (QED) is 0.688. The molecule has 0 atom stereocenters. The van der Waals surface area contributed by atoms with Crippen LogP contribution in [-0.4, -0.2) is 13.4 Å². The minimum Gasteiger partial charge on any atom is -0.496 e. The second-order valence-electron chi connectivity index (χ2n) is 3.72. The number of aryl methyl sites for hydroxylation is 1. The zero-order valence-corrected chi connectivity index (χ0v) is 9.13. The summed E-state index contributed by atoms with van der Waals surface area (Å²) in [6.45, 7) is 6.07. The number of benzene rings is 1. The predicted octanol–water partition coefficient (Wildman–Crippen LogP) is 2.94. The summed E-state index contributed by atoms with van der Waals surface area (Å²) >= 11 is 0. The lowest BCUT2D eigenvalue weighted by atomic mass is 9.95. The van der Waals surface area contributed by atoms with Gasteiger partial charge in [-0.15, -0.1) is 0 Å². The summed E-state index contributed by atoms with van der Waals surface area (Å²) in [5, 5.41) is 0. The lowest BCUT2D eigenvalue weighted by Gasteiger charge is -2.12. The number of hydrogen-bond donors (Lipinski definition) is 0. The number of hydrogen-bond acceptors (Lipinski definition) is 2.